The highest BCUT2D eigenvalue weighted by Gasteiger charge is 2.11. The fourth-order valence-corrected chi connectivity index (χ4v) is 1.49. The zero-order chi connectivity index (χ0) is 15.1. The summed E-state index contributed by atoms with van der Waals surface area (Å²) in [6.45, 7) is 1.85. The predicted molar refractivity (Wildman–Crippen MR) is 69.4 cm³/mol. The lowest BCUT2D eigenvalue weighted by molar-refractivity contribution is -0.141. The number of hydrogen-bond donors (Lipinski definition) is 3. The van der Waals surface area contributed by atoms with E-state index in [9.17, 15) is 18.4 Å². The van der Waals surface area contributed by atoms with Gasteiger partial charge in [0.1, 0.15) is 11.6 Å². The second kappa shape index (κ2) is 7.42. The molecule has 1 aromatic carbocycles. The molecule has 1 rings (SSSR count). The molecule has 0 aliphatic rings. The van der Waals surface area contributed by atoms with Gasteiger partial charge in [-0.1, -0.05) is 6.92 Å². The molecule has 1 aromatic rings. The molecule has 0 spiro atoms. The zero-order valence-electron chi connectivity index (χ0n) is 11.0. The molecule has 0 fully saturated rings. The molecule has 1 atom stereocenters. The number of anilines is 1. The number of carboxylic acid groups (broad SMARTS) is 1. The fourth-order valence-electron chi connectivity index (χ4n) is 1.49. The standard InChI is InChI=1S/C13H16F2N2O3/c1-8(12(18)19)3-2-6-16-13(20)17-11-5-4-9(14)7-10(11)15/h4-5,7-8H,2-3,6H2,1H3,(H,18,19)(H2,16,17,20). The van der Waals surface area contributed by atoms with Crippen molar-refractivity contribution in [2.75, 3.05) is 11.9 Å². The Morgan fingerprint density at radius 3 is 2.65 bits per heavy atom. The molecule has 5 nitrogen and oxygen atoms in total. The van der Waals surface area contributed by atoms with E-state index in [4.69, 9.17) is 5.11 Å². The zero-order valence-corrected chi connectivity index (χ0v) is 11.0. The van der Waals surface area contributed by atoms with Crippen molar-refractivity contribution in [1.29, 1.82) is 0 Å². The molecule has 110 valence electrons. The van der Waals surface area contributed by atoms with Crippen molar-refractivity contribution in [2.24, 2.45) is 5.92 Å². The Morgan fingerprint density at radius 2 is 2.05 bits per heavy atom. The molecule has 3 N–H and O–H groups in total. The van der Waals surface area contributed by atoms with Crippen molar-refractivity contribution in [3.63, 3.8) is 0 Å². The van der Waals surface area contributed by atoms with Crippen molar-refractivity contribution in [1.82, 2.24) is 5.32 Å². The van der Waals surface area contributed by atoms with E-state index in [-0.39, 0.29) is 12.2 Å². The van der Waals surface area contributed by atoms with Crippen LogP contribution in [0.4, 0.5) is 19.3 Å². The lowest BCUT2D eigenvalue weighted by Crippen LogP contribution is -2.30. The Kier molecular flexibility index (Phi) is 5.89. The number of benzene rings is 1. The van der Waals surface area contributed by atoms with Crippen LogP contribution >= 0.6 is 0 Å². The van der Waals surface area contributed by atoms with Crippen LogP contribution in [-0.2, 0) is 4.79 Å². The first-order valence-electron chi connectivity index (χ1n) is 6.13. The van der Waals surface area contributed by atoms with Crippen LogP contribution in [0, 0.1) is 17.6 Å². The van der Waals surface area contributed by atoms with E-state index in [2.05, 4.69) is 10.6 Å². The van der Waals surface area contributed by atoms with Crippen molar-refractivity contribution < 1.29 is 23.5 Å². The first kappa shape index (κ1) is 15.9. The summed E-state index contributed by atoms with van der Waals surface area (Å²) in [7, 11) is 0. The third-order valence-electron chi connectivity index (χ3n) is 2.70. The van der Waals surface area contributed by atoms with Gasteiger partial charge in [0.2, 0.25) is 0 Å². The van der Waals surface area contributed by atoms with E-state index >= 15 is 0 Å². The highest BCUT2D eigenvalue weighted by atomic mass is 19.1. The maximum atomic E-state index is 13.2. The van der Waals surface area contributed by atoms with Crippen LogP contribution in [0.3, 0.4) is 0 Å². The molecule has 0 radical (unpaired) electrons. The van der Waals surface area contributed by atoms with Gasteiger partial charge in [-0.05, 0) is 25.0 Å². The average molecular weight is 286 g/mol. The van der Waals surface area contributed by atoms with Crippen LogP contribution in [-0.4, -0.2) is 23.7 Å². The van der Waals surface area contributed by atoms with Crippen LogP contribution in [0.15, 0.2) is 18.2 Å². The number of halogens is 2. The summed E-state index contributed by atoms with van der Waals surface area (Å²) < 4.78 is 25.9. The predicted octanol–water partition coefficient (Wildman–Crippen LogP) is 2.59. The van der Waals surface area contributed by atoms with Crippen molar-refractivity contribution >= 4 is 17.7 Å². The molecular weight excluding hydrogens is 270 g/mol. The minimum absolute atomic E-state index is 0.122. The fraction of sp³-hybridized carbons (Fsp3) is 0.385. The minimum atomic E-state index is -0.886. The topological polar surface area (TPSA) is 78.4 Å². The van der Waals surface area contributed by atoms with Crippen LogP contribution in [0.1, 0.15) is 19.8 Å². The SMILES string of the molecule is CC(CCCNC(=O)Nc1ccc(F)cc1F)C(=O)O. The van der Waals surface area contributed by atoms with E-state index < -0.39 is 29.6 Å². The van der Waals surface area contributed by atoms with E-state index in [1.807, 2.05) is 0 Å². The Bertz CT molecular complexity index is 495. The quantitative estimate of drug-likeness (QED) is 0.703. The van der Waals surface area contributed by atoms with Crippen molar-refractivity contribution in [2.45, 2.75) is 19.8 Å². The van der Waals surface area contributed by atoms with Crippen LogP contribution < -0.4 is 10.6 Å². The number of carboxylic acids is 1. The van der Waals surface area contributed by atoms with Crippen molar-refractivity contribution in [3.8, 4) is 0 Å². The normalized spacial score (nSPS) is 11.8. The van der Waals surface area contributed by atoms with E-state index in [1.54, 1.807) is 6.92 Å². The molecule has 2 amide bonds. The van der Waals surface area contributed by atoms with Crippen LogP contribution in [0.2, 0.25) is 0 Å². The lowest BCUT2D eigenvalue weighted by Gasteiger charge is -2.09. The molecule has 0 saturated carbocycles. The summed E-state index contributed by atoms with van der Waals surface area (Å²) in [4.78, 5) is 22.0. The Balaban J connectivity index is 2.32. The molecule has 0 heterocycles. The van der Waals surface area contributed by atoms with Gasteiger partial charge in [-0.25, -0.2) is 13.6 Å². The van der Waals surface area contributed by atoms with Crippen LogP contribution in [0.25, 0.3) is 0 Å². The smallest absolute Gasteiger partial charge is 0.319 e. The largest absolute Gasteiger partial charge is 0.481 e. The third kappa shape index (κ3) is 5.21. The van der Waals surface area contributed by atoms with Gasteiger partial charge in [0.25, 0.3) is 0 Å². The van der Waals surface area contributed by atoms with Gasteiger partial charge >= 0.3 is 12.0 Å². The maximum Gasteiger partial charge on any atom is 0.319 e. The monoisotopic (exact) mass is 286 g/mol. The molecule has 0 aromatic heterocycles. The maximum absolute atomic E-state index is 13.2. The molecule has 0 bridgehead atoms. The molecule has 1 unspecified atom stereocenters. The number of urea groups is 1. The van der Waals surface area contributed by atoms with Gasteiger partial charge in [0.15, 0.2) is 0 Å². The highest BCUT2D eigenvalue weighted by molar-refractivity contribution is 5.89. The first-order chi connectivity index (χ1) is 9.40. The Labute approximate surface area is 115 Å². The van der Waals surface area contributed by atoms with Gasteiger partial charge in [0.05, 0.1) is 11.6 Å². The molecule has 0 aliphatic carbocycles. The van der Waals surface area contributed by atoms with E-state index in [0.29, 0.717) is 18.9 Å². The highest BCUT2D eigenvalue weighted by Crippen LogP contribution is 2.14. The van der Waals surface area contributed by atoms with E-state index in [1.165, 1.54) is 0 Å². The number of nitrogens with one attached hydrogen (secondary N) is 2. The number of amides is 2. The van der Waals surface area contributed by atoms with Gasteiger partial charge in [0, 0.05) is 12.6 Å². The summed E-state index contributed by atoms with van der Waals surface area (Å²) in [5, 5.41) is 13.4. The summed E-state index contributed by atoms with van der Waals surface area (Å²) in [5.74, 6) is -2.95. The Morgan fingerprint density at radius 1 is 1.35 bits per heavy atom. The summed E-state index contributed by atoms with van der Waals surface area (Å²) in [6.07, 6.45) is 0.924. The second-order valence-electron chi connectivity index (χ2n) is 4.39. The molecule has 20 heavy (non-hydrogen) atoms. The van der Waals surface area contributed by atoms with Gasteiger partial charge < -0.3 is 15.7 Å². The number of carbonyl (C=O) groups is 2. The van der Waals surface area contributed by atoms with Gasteiger partial charge in [-0.3, -0.25) is 4.79 Å². The number of hydrogen-bond acceptors (Lipinski definition) is 2. The minimum Gasteiger partial charge on any atom is -0.481 e. The molecule has 0 saturated heterocycles. The van der Waals surface area contributed by atoms with Crippen LogP contribution in [0.5, 0.6) is 0 Å². The lowest BCUT2D eigenvalue weighted by atomic mass is 10.1. The second-order valence-corrected chi connectivity index (χ2v) is 4.39. The third-order valence-corrected chi connectivity index (χ3v) is 2.70. The van der Waals surface area contributed by atoms with Crippen molar-refractivity contribution in [3.05, 3.63) is 29.8 Å². The average Bonchev–Trinajstić information content (AvgIpc) is 2.37. The van der Waals surface area contributed by atoms with Gasteiger partial charge in [-0.2, -0.15) is 0 Å². The molecule has 0 aliphatic heterocycles. The first-order valence-corrected chi connectivity index (χ1v) is 6.13. The summed E-state index contributed by atoms with van der Waals surface area (Å²) >= 11 is 0. The number of rotatable bonds is 6. The number of carbonyl (C=O) groups excluding carboxylic acids is 1. The van der Waals surface area contributed by atoms with E-state index in [0.717, 1.165) is 12.1 Å². The molecule has 7 heteroatoms. The molecular formula is C13H16F2N2O3. The summed E-state index contributed by atoms with van der Waals surface area (Å²) in [6, 6.07) is 2.20. The van der Waals surface area contributed by atoms with Gasteiger partial charge in [-0.15, -0.1) is 0 Å². The summed E-state index contributed by atoms with van der Waals surface area (Å²) in [5.41, 5.74) is -0.122. The Hall–Kier alpha value is -2.18. The number of aliphatic carboxylic acids is 1.